The number of ether oxygens (including phenoxy) is 1. The second kappa shape index (κ2) is 8.02. The van der Waals surface area contributed by atoms with Crippen LogP contribution in [0.3, 0.4) is 0 Å². The predicted molar refractivity (Wildman–Crippen MR) is 103 cm³/mol. The normalized spacial score (nSPS) is 15.4. The first-order valence-electron chi connectivity index (χ1n) is 9.14. The van der Waals surface area contributed by atoms with Crippen molar-refractivity contribution >= 4 is 29.7 Å². The number of fused-ring (bicyclic) bond motifs is 1. The summed E-state index contributed by atoms with van der Waals surface area (Å²) in [5.41, 5.74) is 0.688. The van der Waals surface area contributed by atoms with Gasteiger partial charge >= 0.3 is 12.0 Å². The molecule has 9 nitrogen and oxygen atoms in total. The van der Waals surface area contributed by atoms with E-state index in [-0.39, 0.29) is 11.1 Å². The molecule has 2 rings (SSSR count). The van der Waals surface area contributed by atoms with E-state index in [4.69, 9.17) is 4.74 Å². The van der Waals surface area contributed by atoms with Crippen molar-refractivity contribution in [2.45, 2.75) is 59.2 Å². The molecule has 156 valence electrons. The van der Waals surface area contributed by atoms with Gasteiger partial charge in [-0.2, -0.15) is 0 Å². The molecule has 0 fully saturated rings. The summed E-state index contributed by atoms with van der Waals surface area (Å²) in [6, 6.07) is 2.85. The minimum absolute atomic E-state index is 0.213. The molecule has 1 heterocycles. The number of esters is 1. The molecule has 2 N–H and O–H groups in total. The lowest BCUT2D eigenvalue weighted by Gasteiger charge is -2.23. The number of benzene rings is 1. The number of imide groups is 2. The summed E-state index contributed by atoms with van der Waals surface area (Å²) in [6.45, 7) is 9.64. The number of hydrogen-bond acceptors (Lipinski definition) is 6. The molecule has 9 heteroatoms. The van der Waals surface area contributed by atoms with E-state index in [1.807, 2.05) is 0 Å². The third-order valence-electron chi connectivity index (χ3n) is 4.19. The zero-order valence-corrected chi connectivity index (χ0v) is 17.3. The molecule has 0 aliphatic carbocycles. The van der Waals surface area contributed by atoms with Crippen LogP contribution >= 0.6 is 0 Å². The van der Waals surface area contributed by atoms with Crippen molar-refractivity contribution in [1.82, 2.24) is 15.5 Å². The molecule has 1 aromatic carbocycles. The van der Waals surface area contributed by atoms with Gasteiger partial charge in [-0.25, -0.2) is 9.59 Å². The highest BCUT2D eigenvalue weighted by Gasteiger charge is 2.42. The number of rotatable bonds is 4. The number of nitrogens with one attached hydrogen (secondary N) is 2. The highest BCUT2D eigenvalue weighted by Crippen LogP contribution is 2.26. The van der Waals surface area contributed by atoms with Gasteiger partial charge in [-0.1, -0.05) is 11.6 Å². The van der Waals surface area contributed by atoms with Crippen LogP contribution in [0.15, 0.2) is 18.2 Å². The van der Waals surface area contributed by atoms with Crippen LogP contribution < -0.4 is 10.6 Å². The number of hydrogen-bond donors (Lipinski definition) is 2. The lowest BCUT2D eigenvalue weighted by molar-refractivity contribution is -0.157. The topological polar surface area (TPSA) is 122 Å². The van der Waals surface area contributed by atoms with Crippen LogP contribution in [-0.2, 0) is 14.3 Å². The van der Waals surface area contributed by atoms with Gasteiger partial charge < -0.3 is 10.1 Å². The van der Waals surface area contributed by atoms with Crippen molar-refractivity contribution in [3.63, 3.8) is 0 Å². The van der Waals surface area contributed by atoms with E-state index in [0.717, 1.165) is 10.5 Å². The summed E-state index contributed by atoms with van der Waals surface area (Å²) < 4.78 is 5.06. The fraction of sp³-hybridized carbons (Fsp3) is 0.450. The van der Waals surface area contributed by atoms with Gasteiger partial charge in [0.05, 0.1) is 11.1 Å². The largest absolute Gasteiger partial charge is 0.451 e. The molecule has 1 aromatic rings. The van der Waals surface area contributed by atoms with Crippen molar-refractivity contribution in [2.75, 3.05) is 0 Å². The van der Waals surface area contributed by atoms with Gasteiger partial charge in [0.2, 0.25) is 0 Å². The molecule has 0 radical (unpaired) electrons. The predicted octanol–water partition coefficient (Wildman–Crippen LogP) is 1.54. The summed E-state index contributed by atoms with van der Waals surface area (Å²) in [4.78, 5) is 62.2. The molecule has 1 aliphatic rings. The van der Waals surface area contributed by atoms with E-state index in [2.05, 4.69) is 10.6 Å². The van der Waals surface area contributed by atoms with E-state index in [1.165, 1.54) is 19.9 Å². The Morgan fingerprint density at radius 3 is 2.21 bits per heavy atom. The molecule has 5 amide bonds. The maximum absolute atomic E-state index is 12.6. The van der Waals surface area contributed by atoms with Crippen LogP contribution in [0.1, 0.15) is 60.9 Å². The Bertz CT molecular complexity index is 887. The van der Waals surface area contributed by atoms with Crippen LogP contribution in [0, 0.1) is 6.92 Å². The Kier molecular flexibility index (Phi) is 6.10. The molecule has 0 bridgehead atoms. The number of carbonyl (C=O) groups is 5. The van der Waals surface area contributed by atoms with Crippen molar-refractivity contribution in [1.29, 1.82) is 0 Å². The van der Waals surface area contributed by atoms with Crippen LogP contribution in [-0.4, -0.2) is 52.3 Å². The smallest absolute Gasteiger partial charge is 0.329 e. The summed E-state index contributed by atoms with van der Waals surface area (Å²) in [6.07, 6.45) is -1.30. The fourth-order valence-corrected chi connectivity index (χ4v) is 2.74. The first-order chi connectivity index (χ1) is 13.3. The minimum Gasteiger partial charge on any atom is -0.451 e. The lowest BCUT2D eigenvalue weighted by Crippen LogP contribution is -2.51. The lowest BCUT2D eigenvalue weighted by atomic mass is 10.1. The van der Waals surface area contributed by atoms with Gasteiger partial charge in [-0.15, -0.1) is 0 Å². The van der Waals surface area contributed by atoms with E-state index in [0.29, 0.717) is 0 Å². The molecule has 0 saturated carbocycles. The van der Waals surface area contributed by atoms with Crippen molar-refractivity contribution in [3.8, 4) is 0 Å². The van der Waals surface area contributed by atoms with E-state index in [9.17, 15) is 24.0 Å². The standard InChI is InChI=1S/C20H25N3O6/c1-10-7-8-13-14(9-10)17(26)23(16(13)25)11(2)18(27)29-12(3)15(24)21-19(28)22-20(4,5)6/h7-9,11-12H,1-6H3,(H2,21,22,24,28). The first-order valence-corrected chi connectivity index (χ1v) is 9.14. The third kappa shape index (κ3) is 4.98. The van der Waals surface area contributed by atoms with E-state index in [1.54, 1.807) is 39.8 Å². The molecule has 1 aliphatic heterocycles. The summed E-state index contributed by atoms with van der Waals surface area (Å²) in [5, 5.41) is 4.62. The summed E-state index contributed by atoms with van der Waals surface area (Å²) in [5.74, 6) is -2.96. The van der Waals surface area contributed by atoms with E-state index < -0.39 is 47.4 Å². The second-order valence-corrected chi connectivity index (χ2v) is 7.98. The zero-order chi connectivity index (χ0) is 22.1. The Labute approximate surface area is 168 Å². The van der Waals surface area contributed by atoms with Gasteiger partial charge in [-0.3, -0.25) is 24.6 Å². The molecule has 0 aromatic heterocycles. The molecule has 2 unspecified atom stereocenters. The number of amides is 5. The van der Waals surface area contributed by atoms with Crippen LogP contribution in [0.4, 0.5) is 4.79 Å². The maximum Gasteiger partial charge on any atom is 0.329 e. The van der Waals surface area contributed by atoms with Crippen LogP contribution in [0.5, 0.6) is 0 Å². The number of aryl methyl sites for hydroxylation is 1. The monoisotopic (exact) mass is 403 g/mol. The van der Waals surface area contributed by atoms with Crippen LogP contribution in [0.2, 0.25) is 0 Å². The highest BCUT2D eigenvalue weighted by molar-refractivity contribution is 6.22. The number of nitrogens with zero attached hydrogens (tertiary/aromatic N) is 1. The molecule has 0 saturated heterocycles. The summed E-state index contributed by atoms with van der Waals surface area (Å²) in [7, 11) is 0. The first kappa shape index (κ1) is 22.1. The second-order valence-electron chi connectivity index (χ2n) is 7.98. The van der Waals surface area contributed by atoms with Crippen LogP contribution in [0.25, 0.3) is 0 Å². The Morgan fingerprint density at radius 2 is 1.62 bits per heavy atom. The van der Waals surface area contributed by atoms with Gasteiger partial charge in [0, 0.05) is 5.54 Å². The fourth-order valence-electron chi connectivity index (χ4n) is 2.74. The average Bonchev–Trinajstić information content (AvgIpc) is 2.82. The quantitative estimate of drug-likeness (QED) is 0.581. The highest BCUT2D eigenvalue weighted by atomic mass is 16.5. The average molecular weight is 403 g/mol. The maximum atomic E-state index is 12.6. The van der Waals surface area contributed by atoms with Gasteiger partial charge in [0.1, 0.15) is 6.04 Å². The molecular formula is C20H25N3O6. The van der Waals surface area contributed by atoms with Gasteiger partial charge in [-0.05, 0) is 53.7 Å². The van der Waals surface area contributed by atoms with Gasteiger partial charge in [0.15, 0.2) is 6.10 Å². The number of urea groups is 1. The Morgan fingerprint density at radius 1 is 1.03 bits per heavy atom. The third-order valence-corrected chi connectivity index (χ3v) is 4.19. The van der Waals surface area contributed by atoms with Crippen molar-refractivity contribution in [2.24, 2.45) is 0 Å². The summed E-state index contributed by atoms with van der Waals surface area (Å²) >= 11 is 0. The Hall–Kier alpha value is -3.23. The molecule has 29 heavy (non-hydrogen) atoms. The molecule has 2 atom stereocenters. The van der Waals surface area contributed by atoms with E-state index >= 15 is 0 Å². The SMILES string of the molecule is Cc1ccc2c(c1)C(=O)N(C(C)C(=O)OC(C)C(=O)NC(=O)NC(C)(C)C)C2=O. The van der Waals surface area contributed by atoms with Gasteiger partial charge in [0.25, 0.3) is 17.7 Å². The van der Waals surface area contributed by atoms with Crippen molar-refractivity contribution < 1.29 is 28.7 Å². The molecule has 0 spiro atoms. The van der Waals surface area contributed by atoms with Crippen molar-refractivity contribution in [3.05, 3.63) is 34.9 Å². The zero-order valence-electron chi connectivity index (χ0n) is 17.3. The molecular weight excluding hydrogens is 378 g/mol. The minimum atomic E-state index is -1.30. The number of carbonyl (C=O) groups excluding carboxylic acids is 5. The Balaban J connectivity index is 2.02.